The molecule has 0 bridgehead atoms. The van der Waals surface area contributed by atoms with E-state index in [0.717, 1.165) is 51.1 Å². The number of amidine groups is 1. The van der Waals surface area contributed by atoms with Crippen molar-refractivity contribution < 1.29 is 14.7 Å². The van der Waals surface area contributed by atoms with Crippen LogP contribution in [0.3, 0.4) is 0 Å². The summed E-state index contributed by atoms with van der Waals surface area (Å²) in [6.45, 7) is 9.55. The van der Waals surface area contributed by atoms with Crippen molar-refractivity contribution >= 4 is 23.6 Å². The fraction of sp³-hybridized carbons (Fsp3) is 0.652. The molecule has 1 aliphatic rings. The Morgan fingerprint density at radius 2 is 1.97 bits per heavy atom. The van der Waals surface area contributed by atoms with Crippen LogP contribution in [0.4, 0.5) is 10.6 Å². The summed E-state index contributed by atoms with van der Waals surface area (Å²) in [5, 5.41) is 15.1. The Balaban J connectivity index is 1.71. The summed E-state index contributed by atoms with van der Waals surface area (Å²) >= 11 is 0. The van der Waals surface area contributed by atoms with Crippen molar-refractivity contribution in [2.45, 2.75) is 59.4 Å². The number of nitrogens with zero attached hydrogens (tertiary/aromatic N) is 3. The minimum Gasteiger partial charge on any atom is -0.394 e. The number of carbonyl (C=O) groups excluding carboxylic acids is 2. The lowest BCUT2D eigenvalue weighted by atomic mass is 9.92. The summed E-state index contributed by atoms with van der Waals surface area (Å²) in [7, 11) is 0. The monoisotopic (exact) mass is 446 g/mol. The molecule has 1 aromatic heterocycles. The number of piperidine rings is 1. The summed E-state index contributed by atoms with van der Waals surface area (Å²) in [6, 6.07) is 3.04. The van der Waals surface area contributed by atoms with Gasteiger partial charge in [0.05, 0.1) is 17.9 Å². The molecule has 0 aliphatic carbocycles. The third kappa shape index (κ3) is 7.78. The number of aromatic nitrogens is 1. The second-order valence-electron chi connectivity index (χ2n) is 8.86. The van der Waals surface area contributed by atoms with Crippen LogP contribution >= 0.6 is 0 Å². The van der Waals surface area contributed by atoms with Crippen LogP contribution in [-0.2, 0) is 0 Å². The van der Waals surface area contributed by atoms with Crippen molar-refractivity contribution in [2.24, 2.45) is 22.6 Å². The number of likely N-dealkylation sites (tertiary alicyclic amines) is 1. The van der Waals surface area contributed by atoms with Gasteiger partial charge in [-0.25, -0.2) is 9.78 Å². The van der Waals surface area contributed by atoms with Gasteiger partial charge in [-0.05, 0) is 57.6 Å². The summed E-state index contributed by atoms with van der Waals surface area (Å²) < 4.78 is 0. The number of nitrogens with two attached hydrogens (primary N) is 1. The van der Waals surface area contributed by atoms with Gasteiger partial charge in [0.15, 0.2) is 0 Å². The number of carbonyl (C=O) groups is 2. The van der Waals surface area contributed by atoms with Crippen LogP contribution in [0, 0.1) is 18.8 Å². The molecule has 5 N–H and O–H groups in total. The molecule has 1 atom stereocenters. The number of pyridine rings is 1. The first-order valence-electron chi connectivity index (χ1n) is 11.5. The molecule has 9 heteroatoms. The predicted molar refractivity (Wildman–Crippen MR) is 127 cm³/mol. The first kappa shape index (κ1) is 25.6. The van der Waals surface area contributed by atoms with E-state index in [4.69, 9.17) is 10.8 Å². The van der Waals surface area contributed by atoms with Gasteiger partial charge in [-0.1, -0.05) is 13.8 Å². The first-order valence-corrected chi connectivity index (χ1v) is 11.5. The zero-order valence-corrected chi connectivity index (χ0v) is 19.7. The normalized spacial score (nSPS) is 16.2. The van der Waals surface area contributed by atoms with Gasteiger partial charge >= 0.3 is 6.03 Å². The van der Waals surface area contributed by atoms with E-state index in [-0.39, 0.29) is 30.5 Å². The maximum atomic E-state index is 12.2. The number of aryl methyl sites for hydroxylation is 1. The molecule has 0 spiro atoms. The Labute approximate surface area is 190 Å². The molecule has 2 rings (SSSR count). The summed E-state index contributed by atoms with van der Waals surface area (Å²) in [5.74, 6) is 1.58. The van der Waals surface area contributed by atoms with Gasteiger partial charge in [-0.2, -0.15) is 4.99 Å². The van der Waals surface area contributed by atoms with Crippen molar-refractivity contribution in [3.05, 3.63) is 23.4 Å². The lowest BCUT2D eigenvalue weighted by Gasteiger charge is -2.31. The van der Waals surface area contributed by atoms with Crippen molar-refractivity contribution in [3.63, 3.8) is 0 Å². The van der Waals surface area contributed by atoms with E-state index in [1.54, 1.807) is 30.9 Å². The lowest BCUT2D eigenvalue weighted by molar-refractivity contribution is 0.0921. The molecular formula is C23H38N6O3. The Bertz CT molecular complexity index is 803. The van der Waals surface area contributed by atoms with Gasteiger partial charge in [0, 0.05) is 31.6 Å². The number of urea groups is 1. The van der Waals surface area contributed by atoms with E-state index in [1.807, 2.05) is 13.8 Å². The van der Waals surface area contributed by atoms with E-state index in [9.17, 15) is 9.59 Å². The van der Waals surface area contributed by atoms with Crippen molar-refractivity contribution in [3.8, 4) is 0 Å². The topological polar surface area (TPSA) is 133 Å². The number of aliphatic hydroxyl groups is 1. The fourth-order valence-corrected chi connectivity index (χ4v) is 3.58. The molecule has 0 radical (unpaired) electrons. The van der Waals surface area contributed by atoms with E-state index in [0.29, 0.717) is 23.0 Å². The standard InChI is InChI=1S/C23H38N6O3/c1-15(2)21(24)28-23(32)29-12-9-18(10-13-29)6-5-11-25-20-8-7-19(17(4)27-20)22(31)26-16(3)14-30/h7-8,15-16,18,30H,5-6,9-14H2,1-4H3,(H,25,27)(H,26,31)(H2,24,28,32). The van der Waals surface area contributed by atoms with Gasteiger partial charge in [-0.15, -0.1) is 0 Å². The molecule has 3 amide bonds. The number of rotatable bonds is 9. The Hall–Kier alpha value is -2.68. The molecule has 1 fully saturated rings. The van der Waals surface area contributed by atoms with Crippen LogP contribution in [0.15, 0.2) is 17.1 Å². The number of hydrogen-bond acceptors (Lipinski definition) is 5. The molecule has 0 aromatic carbocycles. The SMILES string of the molecule is Cc1nc(NCCCC2CCN(C(=O)N=C(N)C(C)C)CC2)ccc1C(=O)NC(C)CO. The number of hydrogen-bond donors (Lipinski definition) is 4. The Morgan fingerprint density at radius 1 is 1.28 bits per heavy atom. The molecular weight excluding hydrogens is 408 g/mol. The summed E-state index contributed by atoms with van der Waals surface area (Å²) in [4.78, 5) is 34.7. The van der Waals surface area contributed by atoms with Crippen LogP contribution in [0.25, 0.3) is 0 Å². The van der Waals surface area contributed by atoms with Crippen LogP contribution < -0.4 is 16.4 Å². The molecule has 9 nitrogen and oxygen atoms in total. The van der Waals surface area contributed by atoms with Crippen LogP contribution in [-0.4, -0.2) is 65.0 Å². The highest BCUT2D eigenvalue weighted by atomic mass is 16.3. The summed E-state index contributed by atoms with van der Waals surface area (Å²) in [6.07, 6.45) is 4.06. The first-order chi connectivity index (χ1) is 15.2. The largest absolute Gasteiger partial charge is 0.394 e. The van der Waals surface area contributed by atoms with Gasteiger partial charge < -0.3 is 26.4 Å². The third-order valence-electron chi connectivity index (χ3n) is 5.78. The van der Waals surface area contributed by atoms with Gasteiger partial charge in [0.2, 0.25) is 0 Å². The smallest absolute Gasteiger partial charge is 0.345 e. The van der Waals surface area contributed by atoms with Gasteiger partial charge in [0.1, 0.15) is 11.7 Å². The Morgan fingerprint density at radius 3 is 2.56 bits per heavy atom. The maximum Gasteiger partial charge on any atom is 0.345 e. The fourth-order valence-electron chi connectivity index (χ4n) is 3.58. The lowest BCUT2D eigenvalue weighted by Crippen LogP contribution is -2.38. The number of aliphatic imine (C=N–C) groups is 1. The molecule has 1 aromatic rings. The molecule has 32 heavy (non-hydrogen) atoms. The molecule has 1 unspecified atom stereocenters. The van der Waals surface area contributed by atoms with E-state index in [2.05, 4.69) is 20.6 Å². The van der Waals surface area contributed by atoms with E-state index >= 15 is 0 Å². The second-order valence-corrected chi connectivity index (χ2v) is 8.86. The molecule has 0 saturated carbocycles. The number of anilines is 1. The maximum absolute atomic E-state index is 12.2. The highest BCUT2D eigenvalue weighted by Gasteiger charge is 2.22. The van der Waals surface area contributed by atoms with Crippen molar-refractivity contribution in [2.75, 3.05) is 31.6 Å². The average molecular weight is 447 g/mol. The van der Waals surface area contributed by atoms with E-state index < -0.39 is 0 Å². The zero-order chi connectivity index (χ0) is 23.7. The number of nitrogens with one attached hydrogen (secondary N) is 2. The van der Waals surface area contributed by atoms with Crippen LogP contribution in [0.2, 0.25) is 0 Å². The predicted octanol–water partition coefficient (Wildman–Crippen LogP) is 2.54. The number of amides is 3. The van der Waals surface area contributed by atoms with Crippen molar-refractivity contribution in [1.29, 1.82) is 0 Å². The zero-order valence-electron chi connectivity index (χ0n) is 19.7. The van der Waals surface area contributed by atoms with Gasteiger partial charge in [-0.3, -0.25) is 4.79 Å². The highest BCUT2D eigenvalue weighted by Crippen LogP contribution is 2.22. The molecule has 178 valence electrons. The van der Waals surface area contributed by atoms with Gasteiger partial charge in [0.25, 0.3) is 5.91 Å². The minimum absolute atomic E-state index is 0.0746. The molecule has 1 aliphatic heterocycles. The van der Waals surface area contributed by atoms with Crippen LogP contribution in [0.5, 0.6) is 0 Å². The number of aliphatic hydroxyl groups excluding tert-OH is 1. The Kier molecular flexibility index (Phi) is 9.90. The summed E-state index contributed by atoms with van der Waals surface area (Å²) in [5.41, 5.74) is 6.96. The van der Waals surface area contributed by atoms with Crippen molar-refractivity contribution in [1.82, 2.24) is 15.2 Å². The average Bonchev–Trinajstić information content (AvgIpc) is 2.76. The molecule has 2 heterocycles. The second kappa shape index (κ2) is 12.4. The quantitative estimate of drug-likeness (QED) is 0.262. The molecule has 1 saturated heterocycles. The third-order valence-corrected chi connectivity index (χ3v) is 5.78. The van der Waals surface area contributed by atoms with Crippen LogP contribution in [0.1, 0.15) is 62.5 Å². The van der Waals surface area contributed by atoms with E-state index in [1.165, 1.54) is 0 Å². The highest BCUT2D eigenvalue weighted by molar-refractivity contribution is 5.95. The minimum atomic E-state index is -0.296.